The van der Waals surface area contributed by atoms with Gasteiger partial charge >= 0.3 is 0 Å². The number of halogens is 1. The number of amides is 1. The van der Waals surface area contributed by atoms with Gasteiger partial charge in [-0.15, -0.1) is 12.4 Å². The van der Waals surface area contributed by atoms with E-state index in [9.17, 15) is 13.2 Å². The molecule has 9 heteroatoms. The quantitative estimate of drug-likeness (QED) is 0.747. The van der Waals surface area contributed by atoms with Gasteiger partial charge < -0.3 is 15.4 Å². The summed E-state index contributed by atoms with van der Waals surface area (Å²) in [5.41, 5.74) is 0.793. The molecule has 0 spiro atoms. The van der Waals surface area contributed by atoms with Crippen molar-refractivity contribution in [3.05, 3.63) is 35.9 Å². The first-order valence-electron chi connectivity index (χ1n) is 8.68. The summed E-state index contributed by atoms with van der Waals surface area (Å²) >= 11 is 0. The Bertz CT molecular complexity index is 673. The Morgan fingerprint density at radius 3 is 2.54 bits per heavy atom. The van der Waals surface area contributed by atoms with Crippen molar-refractivity contribution in [2.45, 2.75) is 30.7 Å². The van der Waals surface area contributed by atoms with Crippen LogP contribution in [0.4, 0.5) is 0 Å². The summed E-state index contributed by atoms with van der Waals surface area (Å²) in [6.45, 7) is 2.56. The lowest BCUT2D eigenvalue weighted by atomic mass is 10.1. The van der Waals surface area contributed by atoms with Crippen molar-refractivity contribution >= 4 is 28.3 Å². The van der Waals surface area contributed by atoms with Crippen LogP contribution in [0.25, 0.3) is 0 Å². The van der Waals surface area contributed by atoms with Gasteiger partial charge in [-0.05, 0) is 18.4 Å². The molecule has 26 heavy (non-hydrogen) atoms. The molecule has 1 amide bonds. The van der Waals surface area contributed by atoms with Gasteiger partial charge in [0.2, 0.25) is 15.9 Å². The Kier molecular flexibility index (Phi) is 7.85. The molecule has 2 aliphatic rings. The van der Waals surface area contributed by atoms with Gasteiger partial charge in [0.1, 0.15) is 6.04 Å². The van der Waals surface area contributed by atoms with Crippen molar-refractivity contribution in [2.24, 2.45) is 0 Å². The first kappa shape index (κ1) is 21.1. The minimum Gasteiger partial charge on any atom is -0.378 e. The normalized spacial score (nSPS) is 22.4. The lowest BCUT2D eigenvalue weighted by Gasteiger charge is -2.33. The average Bonchev–Trinajstić information content (AvgIpc) is 2.63. The van der Waals surface area contributed by atoms with E-state index >= 15 is 0 Å². The summed E-state index contributed by atoms with van der Waals surface area (Å²) in [5, 5.41) is 6.13. The highest BCUT2D eigenvalue weighted by molar-refractivity contribution is 7.88. The zero-order valence-electron chi connectivity index (χ0n) is 14.6. The highest BCUT2D eigenvalue weighted by Gasteiger charge is 2.30. The van der Waals surface area contributed by atoms with Crippen LogP contribution < -0.4 is 10.6 Å². The molecule has 0 aliphatic carbocycles. The van der Waals surface area contributed by atoms with Gasteiger partial charge in [-0.25, -0.2) is 12.7 Å². The molecule has 1 aromatic rings. The van der Waals surface area contributed by atoms with Crippen LogP contribution in [0.15, 0.2) is 30.3 Å². The Hall–Kier alpha value is -1.19. The van der Waals surface area contributed by atoms with Crippen molar-refractivity contribution in [3.63, 3.8) is 0 Å². The number of hydrogen-bond donors (Lipinski definition) is 2. The number of morpholine rings is 1. The van der Waals surface area contributed by atoms with E-state index < -0.39 is 10.0 Å². The molecular weight excluding hydrogens is 378 g/mol. The molecule has 2 heterocycles. The number of benzene rings is 1. The molecule has 0 radical (unpaired) electrons. The van der Waals surface area contributed by atoms with E-state index in [1.54, 1.807) is 0 Å². The summed E-state index contributed by atoms with van der Waals surface area (Å²) in [7, 11) is -3.32. The summed E-state index contributed by atoms with van der Waals surface area (Å²) in [4.78, 5) is 12.2. The van der Waals surface area contributed by atoms with Crippen LogP contribution >= 0.6 is 12.4 Å². The number of carbonyl (C=O) groups is 1. The molecule has 3 rings (SSSR count). The number of nitrogens with zero attached hydrogens (tertiary/aromatic N) is 1. The molecule has 1 aromatic carbocycles. The molecule has 0 saturated carbocycles. The third-order valence-corrected chi connectivity index (χ3v) is 6.47. The fraction of sp³-hybridized carbons (Fsp3) is 0.588. The SMILES string of the molecule is Cl.O=C(NC1CCN(S(=O)(=O)Cc2ccccc2)CC1)C1COCCN1. The molecule has 2 N–H and O–H groups in total. The third kappa shape index (κ3) is 5.65. The van der Waals surface area contributed by atoms with E-state index in [0.29, 0.717) is 45.7 Å². The largest absolute Gasteiger partial charge is 0.378 e. The summed E-state index contributed by atoms with van der Waals surface area (Å²) < 4.78 is 31.9. The number of sulfonamides is 1. The second-order valence-electron chi connectivity index (χ2n) is 6.51. The monoisotopic (exact) mass is 403 g/mol. The predicted octanol–water partition coefficient (Wildman–Crippen LogP) is 0.507. The van der Waals surface area contributed by atoms with Gasteiger partial charge in [0.15, 0.2) is 0 Å². The Labute approximate surface area is 160 Å². The van der Waals surface area contributed by atoms with Gasteiger partial charge in [0, 0.05) is 25.7 Å². The molecule has 1 unspecified atom stereocenters. The standard InChI is InChI=1S/C17H25N3O4S.ClH/c21-17(16-12-24-11-8-18-16)19-15-6-9-20(10-7-15)25(22,23)13-14-4-2-1-3-5-14;/h1-5,15-16,18H,6-13H2,(H,19,21);1H. The Balaban J connectivity index is 0.00000243. The van der Waals surface area contributed by atoms with Gasteiger partial charge in [0.25, 0.3) is 0 Å². The molecule has 2 aliphatic heterocycles. The van der Waals surface area contributed by atoms with Gasteiger partial charge in [0.05, 0.1) is 19.0 Å². The zero-order chi connectivity index (χ0) is 17.7. The van der Waals surface area contributed by atoms with Crippen LogP contribution in [0.5, 0.6) is 0 Å². The molecule has 7 nitrogen and oxygen atoms in total. The van der Waals surface area contributed by atoms with Gasteiger partial charge in [-0.2, -0.15) is 0 Å². The van der Waals surface area contributed by atoms with E-state index in [4.69, 9.17) is 4.74 Å². The predicted molar refractivity (Wildman–Crippen MR) is 102 cm³/mol. The summed E-state index contributed by atoms with van der Waals surface area (Å²) in [5.74, 6) is -0.0425. The number of rotatable bonds is 5. The molecule has 1 atom stereocenters. The maximum absolute atomic E-state index is 12.5. The molecule has 2 fully saturated rings. The van der Waals surface area contributed by atoms with Crippen molar-refractivity contribution in [1.82, 2.24) is 14.9 Å². The van der Waals surface area contributed by atoms with E-state index in [1.807, 2.05) is 30.3 Å². The summed E-state index contributed by atoms with van der Waals surface area (Å²) in [6, 6.07) is 8.91. The second-order valence-corrected chi connectivity index (χ2v) is 8.47. The van der Waals surface area contributed by atoms with E-state index in [-0.39, 0.29) is 36.2 Å². The number of ether oxygens (including phenoxy) is 1. The van der Waals surface area contributed by atoms with Crippen molar-refractivity contribution < 1.29 is 17.9 Å². The van der Waals surface area contributed by atoms with Crippen LogP contribution in [0, 0.1) is 0 Å². The molecule has 2 saturated heterocycles. The van der Waals surface area contributed by atoms with Crippen LogP contribution in [-0.4, -0.2) is 63.6 Å². The average molecular weight is 404 g/mol. The fourth-order valence-corrected chi connectivity index (χ4v) is 4.75. The number of nitrogens with one attached hydrogen (secondary N) is 2. The van der Waals surface area contributed by atoms with E-state index in [1.165, 1.54) is 4.31 Å². The highest BCUT2D eigenvalue weighted by atomic mass is 35.5. The molecule has 146 valence electrons. The number of carbonyl (C=O) groups excluding carboxylic acids is 1. The first-order chi connectivity index (χ1) is 12.0. The minimum absolute atomic E-state index is 0. The number of hydrogen-bond acceptors (Lipinski definition) is 5. The highest BCUT2D eigenvalue weighted by Crippen LogP contribution is 2.18. The maximum atomic E-state index is 12.5. The Morgan fingerprint density at radius 1 is 1.23 bits per heavy atom. The molecule has 0 bridgehead atoms. The third-order valence-electron chi connectivity index (χ3n) is 4.62. The zero-order valence-corrected chi connectivity index (χ0v) is 16.2. The second kappa shape index (κ2) is 9.66. The van der Waals surface area contributed by atoms with Crippen LogP contribution in [0.1, 0.15) is 18.4 Å². The molecule has 0 aromatic heterocycles. The lowest BCUT2D eigenvalue weighted by Crippen LogP contribution is -2.55. The van der Waals surface area contributed by atoms with Crippen LogP contribution in [-0.2, 0) is 25.3 Å². The van der Waals surface area contributed by atoms with Crippen LogP contribution in [0.2, 0.25) is 0 Å². The van der Waals surface area contributed by atoms with Crippen molar-refractivity contribution in [2.75, 3.05) is 32.8 Å². The van der Waals surface area contributed by atoms with Gasteiger partial charge in [-0.3, -0.25) is 4.79 Å². The smallest absolute Gasteiger partial charge is 0.239 e. The first-order valence-corrected chi connectivity index (χ1v) is 10.3. The van der Waals surface area contributed by atoms with Crippen molar-refractivity contribution in [3.8, 4) is 0 Å². The Morgan fingerprint density at radius 2 is 1.92 bits per heavy atom. The van der Waals surface area contributed by atoms with Crippen LogP contribution in [0.3, 0.4) is 0 Å². The lowest BCUT2D eigenvalue weighted by molar-refractivity contribution is -0.126. The number of piperidine rings is 1. The van der Waals surface area contributed by atoms with Crippen molar-refractivity contribution in [1.29, 1.82) is 0 Å². The molecular formula is C17H26ClN3O4S. The topological polar surface area (TPSA) is 87.7 Å². The minimum atomic E-state index is -3.32. The van der Waals surface area contributed by atoms with Gasteiger partial charge in [-0.1, -0.05) is 30.3 Å². The van der Waals surface area contributed by atoms with E-state index in [2.05, 4.69) is 10.6 Å². The van der Waals surface area contributed by atoms with E-state index in [0.717, 1.165) is 5.56 Å². The summed E-state index contributed by atoms with van der Waals surface area (Å²) in [6.07, 6.45) is 1.26. The maximum Gasteiger partial charge on any atom is 0.239 e. The fourth-order valence-electron chi connectivity index (χ4n) is 3.19.